The molecule has 0 bridgehead atoms. The van der Waals surface area contributed by atoms with Gasteiger partial charge in [0, 0.05) is 11.3 Å². The van der Waals surface area contributed by atoms with Gasteiger partial charge in [-0.05, 0) is 6.92 Å². The maximum absolute atomic E-state index is 10.1. The summed E-state index contributed by atoms with van der Waals surface area (Å²) in [7, 11) is 0. The lowest BCUT2D eigenvalue weighted by Gasteiger charge is -1.70. The van der Waals surface area contributed by atoms with Gasteiger partial charge >= 0.3 is 5.91 Å². The van der Waals surface area contributed by atoms with Crippen LogP contribution in [-0.4, -0.2) is 5.91 Å². The number of carbonyl (C=O) groups excluding carboxylic acids is 1. The molecule has 0 aromatic rings. The Labute approximate surface area is 53.0 Å². The largest absolute Gasteiger partial charge is 0.309 e. The third kappa shape index (κ3) is 4.61. The van der Waals surface area contributed by atoms with Crippen molar-refractivity contribution in [1.82, 2.24) is 0 Å². The molecule has 0 aromatic heterocycles. The molecule has 9 heavy (non-hydrogen) atoms. The van der Waals surface area contributed by atoms with Gasteiger partial charge in [0.05, 0.1) is 0 Å². The smallest absolute Gasteiger partial charge is 0.264 e. The van der Waals surface area contributed by atoms with Crippen molar-refractivity contribution in [2.45, 2.75) is 6.92 Å². The third-order valence-electron chi connectivity index (χ3n) is 0.632. The molecule has 0 aliphatic heterocycles. The van der Waals surface area contributed by atoms with Gasteiger partial charge in [0.25, 0.3) is 0 Å². The zero-order valence-corrected chi connectivity index (χ0v) is 5.07. The second-order valence-corrected chi connectivity index (χ2v) is 1.31. The minimum Gasteiger partial charge on any atom is -0.264 e. The number of hydrogen-bond acceptors (Lipinski definition) is 2. The van der Waals surface area contributed by atoms with Gasteiger partial charge in [-0.2, -0.15) is 0 Å². The summed E-state index contributed by atoms with van der Waals surface area (Å²) in [5.74, 6) is -0.756. The molecule has 0 aliphatic carbocycles. The monoisotopic (exact) mass is 125 g/mol. The minimum atomic E-state index is -0.756. The van der Waals surface area contributed by atoms with Gasteiger partial charge < -0.3 is 0 Å². The Hall–Kier alpha value is -1.25. The highest BCUT2D eigenvalue weighted by Gasteiger charge is 1.86. The molecule has 0 heterocycles. The van der Waals surface area contributed by atoms with Gasteiger partial charge in [-0.1, -0.05) is 18.2 Å². The Kier molecular flexibility index (Phi) is 4.22. The molecule has 0 unspecified atom stereocenters. The molecule has 3 heteroatoms. The molecular weight excluding hydrogens is 118 g/mol. The zero-order valence-electron chi connectivity index (χ0n) is 5.07. The molecule has 0 saturated heterocycles. The number of nitroso groups, excluding NO2 is 1. The summed E-state index contributed by atoms with van der Waals surface area (Å²) in [6.07, 6.45) is 5.95. The number of hydrogen-bond donors (Lipinski definition) is 0. The van der Waals surface area contributed by atoms with E-state index in [4.69, 9.17) is 0 Å². The molecule has 0 N–H and O–H groups in total. The van der Waals surface area contributed by atoms with E-state index in [2.05, 4.69) is 5.18 Å². The maximum Gasteiger partial charge on any atom is 0.309 e. The molecule has 0 fully saturated rings. The number of carbonyl (C=O) groups is 1. The van der Waals surface area contributed by atoms with E-state index >= 15 is 0 Å². The lowest BCUT2D eigenvalue weighted by Crippen LogP contribution is -1.80. The summed E-state index contributed by atoms with van der Waals surface area (Å²) < 4.78 is 0. The number of allylic oxidation sites excluding steroid dienone is 3. The highest BCUT2D eigenvalue weighted by atomic mass is 16.3. The van der Waals surface area contributed by atoms with Crippen LogP contribution in [0.4, 0.5) is 0 Å². The van der Waals surface area contributed by atoms with Crippen molar-refractivity contribution in [3.63, 3.8) is 0 Å². The fourth-order valence-electron chi connectivity index (χ4n) is 0.279. The first kappa shape index (κ1) is 7.75. The average molecular weight is 125 g/mol. The second kappa shape index (κ2) is 4.90. The molecule has 0 radical (unpaired) electrons. The van der Waals surface area contributed by atoms with Crippen molar-refractivity contribution < 1.29 is 4.79 Å². The van der Waals surface area contributed by atoms with Crippen LogP contribution in [0, 0.1) is 4.91 Å². The standard InChI is InChI=1S/C6H7NO2/c1-2-3-4-5-6(8)7-9/h2-5H,1H3/b3-2+,5-4+. The Balaban J connectivity index is 3.70. The third-order valence-corrected chi connectivity index (χ3v) is 0.632. The maximum atomic E-state index is 10.1. The normalized spacial score (nSPS) is 10.8. The molecule has 0 aliphatic rings. The van der Waals surface area contributed by atoms with Crippen LogP contribution < -0.4 is 0 Å². The second-order valence-electron chi connectivity index (χ2n) is 1.31. The van der Waals surface area contributed by atoms with E-state index in [9.17, 15) is 9.70 Å². The SMILES string of the molecule is C/C=C/C=C/C(=O)N=O. The first-order chi connectivity index (χ1) is 4.31. The molecule has 0 aromatic carbocycles. The van der Waals surface area contributed by atoms with Crippen molar-refractivity contribution in [2.24, 2.45) is 5.18 Å². The van der Waals surface area contributed by atoms with Crippen molar-refractivity contribution in [3.05, 3.63) is 29.2 Å². The molecular formula is C6H7NO2. The van der Waals surface area contributed by atoms with Crippen molar-refractivity contribution >= 4 is 5.91 Å². The van der Waals surface area contributed by atoms with Gasteiger partial charge in [0.15, 0.2) is 0 Å². The molecule has 0 spiro atoms. The topological polar surface area (TPSA) is 46.5 Å². The predicted octanol–water partition coefficient (Wildman–Crippen LogP) is 1.41. The van der Waals surface area contributed by atoms with Crippen LogP contribution >= 0.6 is 0 Å². The number of rotatable bonds is 2. The van der Waals surface area contributed by atoms with E-state index in [0.717, 1.165) is 6.08 Å². The fraction of sp³-hybridized carbons (Fsp3) is 0.167. The van der Waals surface area contributed by atoms with Crippen molar-refractivity contribution in [1.29, 1.82) is 0 Å². The molecule has 0 atom stereocenters. The summed E-state index contributed by atoms with van der Waals surface area (Å²) in [4.78, 5) is 19.5. The Morgan fingerprint density at radius 2 is 2.11 bits per heavy atom. The highest BCUT2D eigenvalue weighted by Crippen LogP contribution is 1.79. The molecule has 0 rings (SSSR count). The van der Waals surface area contributed by atoms with Gasteiger partial charge in [0.2, 0.25) is 0 Å². The lowest BCUT2D eigenvalue weighted by atomic mass is 10.4. The van der Waals surface area contributed by atoms with Crippen LogP contribution in [0.15, 0.2) is 29.5 Å². The minimum absolute atomic E-state index is 0.756. The molecule has 48 valence electrons. The van der Waals surface area contributed by atoms with Gasteiger partial charge in [-0.25, -0.2) is 0 Å². The summed E-state index contributed by atoms with van der Waals surface area (Å²) in [6, 6.07) is 0. The first-order valence-corrected chi connectivity index (χ1v) is 2.48. The predicted molar refractivity (Wildman–Crippen MR) is 34.8 cm³/mol. The van der Waals surface area contributed by atoms with Crippen LogP contribution in [0.25, 0.3) is 0 Å². The summed E-state index contributed by atoms with van der Waals surface area (Å²) in [6.45, 7) is 1.81. The van der Waals surface area contributed by atoms with E-state index in [1.165, 1.54) is 6.08 Å². The summed E-state index contributed by atoms with van der Waals surface area (Å²) in [5, 5.41) is 2.15. The van der Waals surface area contributed by atoms with Gasteiger partial charge in [-0.15, -0.1) is 4.91 Å². The summed E-state index contributed by atoms with van der Waals surface area (Å²) >= 11 is 0. The molecule has 3 nitrogen and oxygen atoms in total. The Morgan fingerprint density at radius 1 is 1.44 bits per heavy atom. The van der Waals surface area contributed by atoms with E-state index in [0.29, 0.717) is 0 Å². The Bertz CT molecular complexity index is 158. The van der Waals surface area contributed by atoms with Crippen LogP contribution in [0.1, 0.15) is 6.92 Å². The van der Waals surface area contributed by atoms with Gasteiger partial charge in [-0.3, -0.25) is 4.79 Å². The lowest BCUT2D eigenvalue weighted by molar-refractivity contribution is -0.113. The van der Waals surface area contributed by atoms with Crippen molar-refractivity contribution in [3.8, 4) is 0 Å². The van der Waals surface area contributed by atoms with Crippen molar-refractivity contribution in [2.75, 3.05) is 0 Å². The van der Waals surface area contributed by atoms with Crippen LogP contribution in [0.2, 0.25) is 0 Å². The van der Waals surface area contributed by atoms with Gasteiger partial charge in [0.1, 0.15) is 0 Å². The molecule has 0 saturated carbocycles. The first-order valence-electron chi connectivity index (χ1n) is 2.48. The number of amides is 1. The van der Waals surface area contributed by atoms with E-state index in [1.807, 2.05) is 6.92 Å². The van der Waals surface area contributed by atoms with Crippen LogP contribution in [-0.2, 0) is 4.79 Å². The zero-order chi connectivity index (χ0) is 7.11. The Morgan fingerprint density at radius 3 is 2.56 bits per heavy atom. The quantitative estimate of drug-likeness (QED) is 0.318. The van der Waals surface area contributed by atoms with E-state index in [1.54, 1.807) is 12.2 Å². The molecule has 1 amide bonds. The summed E-state index contributed by atoms with van der Waals surface area (Å²) in [5.41, 5.74) is 0. The van der Waals surface area contributed by atoms with E-state index < -0.39 is 5.91 Å². The van der Waals surface area contributed by atoms with Crippen LogP contribution in [0.5, 0.6) is 0 Å². The fourth-order valence-corrected chi connectivity index (χ4v) is 0.279. The highest BCUT2D eigenvalue weighted by molar-refractivity contribution is 5.88. The van der Waals surface area contributed by atoms with Crippen LogP contribution in [0.3, 0.4) is 0 Å². The number of nitrogens with zero attached hydrogens (tertiary/aromatic N) is 1. The average Bonchev–Trinajstić information content (AvgIpc) is 1.89. The van der Waals surface area contributed by atoms with E-state index in [-0.39, 0.29) is 0 Å².